The second-order valence-electron chi connectivity index (χ2n) is 6.60. The maximum Gasteiger partial charge on any atom is 0.322 e. The molecule has 0 spiro atoms. The second-order valence-corrected chi connectivity index (χ2v) is 7.67. The van der Waals surface area contributed by atoms with Crippen LogP contribution in [0.3, 0.4) is 0 Å². The number of hydrogen-bond acceptors (Lipinski definition) is 9. The number of aromatic hydroxyl groups is 1. The van der Waals surface area contributed by atoms with E-state index >= 15 is 0 Å². The number of nitrogens with zero attached hydrogens (tertiary/aromatic N) is 1. The monoisotopic (exact) mass is 445 g/mol. The van der Waals surface area contributed by atoms with E-state index < -0.39 is 21.8 Å². The molecule has 1 unspecified atom stereocenters. The van der Waals surface area contributed by atoms with E-state index in [-0.39, 0.29) is 30.2 Å². The highest BCUT2D eigenvalue weighted by Crippen LogP contribution is 2.33. The molecule has 11 heteroatoms. The third-order valence-corrected chi connectivity index (χ3v) is 5.27. The third kappa shape index (κ3) is 5.47. The average Bonchev–Trinajstić information content (AvgIpc) is 3.06. The lowest BCUT2D eigenvalue weighted by Gasteiger charge is -2.11. The number of carbonyl (C=O) groups excluding carboxylic acids is 1. The minimum atomic E-state index is -0.788. The quantitative estimate of drug-likeness (QED) is 0.271. The zero-order valence-electron chi connectivity index (χ0n) is 16.4. The van der Waals surface area contributed by atoms with E-state index in [1.807, 2.05) is 0 Å². The summed E-state index contributed by atoms with van der Waals surface area (Å²) in [6, 6.07) is 10.3. The number of aromatic nitrogens is 1. The van der Waals surface area contributed by atoms with Crippen molar-refractivity contribution in [3.63, 3.8) is 0 Å². The van der Waals surface area contributed by atoms with Gasteiger partial charge < -0.3 is 20.3 Å². The molecule has 31 heavy (non-hydrogen) atoms. The van der Waals surface area contributed by atoms with Crippen molar-refractivity contribution in [1.82, 2.24) is 4.98 Å². The van der Waals surface area contributed by atoms with E-state index in [0.29, 0.717) is 16.2 Å². The third-order valence-electron chi connectivity index (χ3n) is 4.40. The molecule has 0 radical (unpaired) electrons. The zero-order valence-corrected chi connectivity index (χ0v) is 17.2. The van der Waals surface area contributed by atoms with Gasteiger partial charge in [-0.05, 0) is 35.7 Å². The number of methoxy groups -OCH3 is 1. The number of ether oxygens (including phenoxy) is 2. The van der Waals surface area contributed by atoms with Gasteiger partial charge in [0, 0.05) is 12.5 Å². The summed E-state index contributed by atoms with van der Waals surface area (Å²) in [6.07, 6.45) is 0.436. The van der Waals surface area contributed by atoms with Gasteiger partial charge in [0.1, 0.15) is 11.8 Å². The maximum atomic E-state index is 11.5. The molecule has 0 bridgehead atoms. The number of hydrogen-bond donors (Lipinski definition) is 3. The lowest BCUT2D eigenvalue weighted by Crippen LogP contribution is -2.33. The second kappa shape index (κ2) is 9.41. The molecule has 0 aliphatic heterocycles. The number of nitro groups is 1. The topological polar surface area (TPSA) is 158 Å². The number of H-pyrrole nitrogens is 1. The van der Waals surface area contributed by atoms with E-state index in [0.717, 1.165) is 16.9 Å². The molecule has 0 saturated carbocycles. The van der Waals surface area contributed by atoms with Gasteiger partial charge in [0.25, 0.3) is 0 Å². The first-order valence-electron chi connectivity index (χ1n) is 9.05. The molecule has 10 nitrogen and oxygen atoms in total. The Labute approximate surface area is 180 Å². The van der Waals surface area contributed by atoms with Crippen LogP contribution in [-0.4, -0.2) is 34.1 Å². The molecule has 3 aromatic rings. The zero-order chi connectivity index (χ0) is 22.5. The molecule has 4 N–H and O–H groups in total. The van der Waals surface area contributed by atoms with Gasteiger partial charge in [0.2, 0.25) is 11.6 Å². The molecule has 2 aromatic carbocycles. The number of benzene rings is 2. The van der Waals surface area contributed by atoms with E-state index in [1.54, 1.807) is 30.3 Å². The summed E-state index contributed by atoms with van der Waals surface area (Å²) in [4.78, 5) is 35.9. The van der Waals surface area contributed by atoms with Gasteiger partial charge in [-0.2, -0.15) is 0 Å². The van der Waals surface area contributed by atoms with Crippen molar-refractivity contribution in [2.24, 2.45) is 5.73 Å². The van der Waals surface area contributed by atoms with E-state index in [4.69, 9.17) is 10.5 Å². The Morgan fingerprint density at radius 2 is 1.94 bits per heavy atom. The van der Waals surface area contributed by atoms with Crippen molar-refractivity contribution in [2.45, 2.75) is 18.9 Å². The van der Waals surface area contributed by atoms with Crippen LogP contribution in [0.2, 0.25) is 0 Å². The summed E-state index contributed by atoms with van der Waals surface area (Å²) >= 11 is 0.839. The number of carbonyl (C=O) groups is 1. The van der Waals surface area contributed by atoms with Crippen LogP contribution in [0.15, 0.2) is 47.3 Å². The van der Waals surface area contributed by atoms with Crippen LogP contribution in [0.5, 0.6) is 17.4 Å². The van der Waals surface area contributed by atoms with Crippen LogP contribution < -0.4 is 15.3 Å². The molecule has 1 aromatic heterocycles. The highest BCUT2D eigenvalue weighted by Gasteiger charge is 2.19. The predicted octanol–water partition coefficient (Wildman–Crippen LogP) is 2.48. The lowest BCUT2D eigenvalue weighted by molar-refractivity contribution is -0.385. The molecule has 1 heterocycles. The normalized spacial score (nSPS) is 11.7. The summed E-state index contributed by atoms with van der Waals surface area (Å²) in [5, 5.41) is 21.2. The van der Waals surface area contributed by atoms with Crippen molar-refractivity contribution < 1.29 is 24.3 Å². The standard InChI is InChI=1S/C20H19N3O7S/c1-29-19(25)14(21)8-11-2-5-13(6-3-11)30-16-7-4-12(9-15(16)23(27)28)10-17-18(24)22-20(26)31-17/h2-7,9,14,24H,8,10,21H2,1H3,(H,22,26). The van der Waals surface area contributed by atoms with E-state index in [9.17, 15) is 24.8 Å². The van der Waals surface area contributed by atoms with Crippen molar-refractivity contribution in [3.05, 3.63) is 78.3 Å². The van der Waals surface area contributed by atoms with E-state index in [2.05, 4.69) is 9.72 Å². The van der Waals surface area contributed by atoms with Crippen molar-refractivity contribution in [1.29, 1.82) is 0 Å². The Bertz CT molecular complexity index is 1150. The highest BCUT2D eigenvalue weighted by molar-refractivity contribution is 7.09. The minimum Gasteiger partial charge on any atom is -0.494 e. The molecule has 0 amide bonds. The van der Waals surface area contributed by atoms with Gasteiger partial charge in [-0.25, -0.2) is 0 Å². The van der Waals surface area contributed by atoms with Crippen molar-refractivity contribution in [3.8, 4) is 17.4 Å². The van der Waals surface area contributed by atoms with Crippen LogP contribution >= 0.6 is 11.3 Å². The van der Waals surface area contributed by atoms with Crippen LogP contribution in [0.25, 0.3) is 0 Å². The maximum absolute atomic E-state index is 11.5. The van der Waals surface area contributed by atoms with Crippen molar-refractivity contribution >= 4 is 23.0 Å². The van der Waals surface area contributed by atoms with Crippen molar-refractivity contribution in [2.75, 3.05) is 7.11 Å². The van der Waals surface area contributed by atoms with Crippen LogP contribution in [0.4, 0.5) is 5.69 Å². The molecular weight excluding hydrogens is 426 g/mol. The number of aromatic amines is 1. The molecule has 0 saturated heterocycles. The Balaban J connectivity index is 1.76. The fourth-order valence-electron chi connectivity index (χ4n) is 2.87. The fourth-order valence-corrected chi connectivity index (χ4v) is 3.63. The minimum absolute atomic E-state index is 0.0410. The van der Waals surface area contributed by atoms with Crippen LogP contribution in [0, 0.1) is 10.1 Å². The number of nitrogens with one attached hydrogen (secondary N) is 1. The summed E-state index contributed by atoms with van der Waals surface area (Å²) in [5.74, 6) is -0.353. The molecule has 3 rings (SSSR count). The smallest absolute Gasteiger partial charge is 0.322 e. The Hall–Kier alpha value is -3.70. The van der Waals surface area contributed by atoms with Gasteiger partial charge >= 0.3 is 16.5 Å². The summed E-state index contributed by atoms with van der Waals surface area (Å²) in [7, 11) is 1.26. The summed E-state index contributed by atoms with van der Waals surface area (Å²) in [5.41, 5.74) is 6.80. The summed E-state index contributed by atoms with van der Waals surface area (Å²) < 4.78 is 10.3. The summed E-state index contributed by atoms with van der Waals surface area (Å²) in [6.45, 7) is 0. The highest BCUT2D eigenvalue weighted by atomic mass is 32.1. The Kier molecular flexibility index (Phi) is 6.68. The number of rotatable bonds is 8. The number of esters is 1. The first-order valence-corrected chi connectivity index (χ1v) is 9.87. The van der Waals surface area contributed by atoms with E-state index in [1.165, 1.54) is 19.2 Å². The molecule has 0 aliphatic carbocycles. The lowest BCUT2D eigenvalue weighted by atomic mass is 10.1. The van der Waals surface area contributed by atoms with Crippen LogP contribution in [0.1, 0.15) is 16.0 Å². The number of nitrogens with two attached hydrogens (primary N) is 1. The molecule has 0 aliphatic rings. The predicted molar refractivity (Wildman–Crippen MR) is 113 cm³/mol. The van der Waals surface area contributed by atoms with Crippen LogP contribution in [-0.2, 0) is 22.4 Å². The first-order chi connectivity index (χ1) is 14.8. The largest absolute Gasteiger partial charge is 0.494 e. The van der Waals surface area contributed by atoms with Gasteiger partial charge in [-0.1, -0.05) is 29.5 Å². The fraction of sp³-hybridized carbons (Fsp3) is 0.200. The Morgan fingerprint density at radius 1 is 1.26 bits per heavy atom. The Morgan fingerprint density at radius 3 is 2.52 bits per heavy atom. The van der Waals surface area contributed by atoms with Gasteiger partial charge in [0.05, 0.1) is 16.9 Å². The average molecular weight is 445 g/mol. The van der Waals surface area contributed by atoms with Gasteiger partial charge in [-0.15, -0.1) is 0 Å². The molecule has 162 valence electrons. The first kappa shape index (κ1) is 22.0. The SMILES string of the molecule is COC(=O)C(N)Cc1ccc(Oc2ccc(Cc3sc(=O)[nH]c3O)cc2[N+](=O)[O-])cc1. The number of thiazole rings is 1. The molecule has 1 atom stereocenters. The molecule has 0 fully saturated rings. The van der Waals surface area contributed by atoms with Gasteiger partial charge in [-0.3, -0.25) is 24.7 Å². The molecular formula is C20H19N3O7S. The van der Waals surface area contributed by atoms with Gasteiger partial charge in [0.15, 0.2) is 0 Å². The number of nitro benzene ring substituents is 1.